The second-order valence-electron chi connectivity index (χ2n) is 6.41. The highest BCUT2D eigenvalue weighted by Gasteiger charge is 2.31. The first-order valence-electron chi connectivity index (χ1n) is 8.32. The van der Waals surface area contributed by atoms with E-state index in [1.807, 2.05) is 18.2 Å². The van der Waals surface area contributed by atoms with Gasteiger partial charge in [0.1, 0.15) is 16.4 Å². The molecule has 1 aliphatic heterocycles. The molecule has 1 unspecified atom stereocenters. The van der Waals surface area contributed by atoms with E-state index in [0.29, 0.717) is 18.1 Å². The fraction of sp³-hybridized carbons (Fsp3) is 0.412. The monoisotopic (exact) mass is 357 g/mol. The maximum Gasteiger partial charge on any atom is 0.312 e. The maximum absolute atomic E-state index is 11.2. The molecule has 2 aromatic heterocycles. The lowest BCUT2D eigenvalue weighted by Gasteiger charge is -2.23. The molecule has 1 aromatic carbocycles. The summed E-state index contributed by atoms with van der Waals surface area (Å²) in [4.78, 5) is 18.0. The smallest absolute Gasteiger partial charge is 0.275 e. The van der Waals surface area contributed by atoms with E-state index in [1.54, 1.807) is 29.9 Å². The summed E-state index contributed by atoms with van der Waals surface area (Å²) in [6.45, 7) is 4.96. The van der Waals surface area contributed by atoms with Gasteiger partial charge in [-0.25, -0.2) is 9.67 Å². The van der Waals surface area contributed by atoms with Crippen LogP contribution in [-0.2, 0) is 6.67 Å². The van der Waals surface area contributed by atoms with Crippen LogP contribution in [0.4, 0.5) is 5.69 Å². The quantitative estimate of drug-likeness (QED) is 0.524. The van der Waals surface area contributed by atoms with Crippen LogP contribution in [0.3, 0.4) is 0 Å². The molecule has 4 rings (SSSR count). The van der Waals surface area contributed by atoms with Crippen LogP contribution in [0.1, 0.15) is 35.3 Å². The molecule has 8 heteroatoms. The molecule has 0 aliphatic carbocycles. The molecule has 7 nitrogen and oxygen atoms in total. The predicted molar refractivity (Wildman–Crippen MR) is 96.7 cm³/mol. The number of thiazole rings is 1. The second-order valence-corrected chi connectivity index (χ2v) is 7.47. The Balaban J connectivity index is 1.62. The van der Waals surface area contributed by atoms with Crippen molar-refractivity contribution in [3.05, 3.63) is 50.8 Å². The molecular formula is C17H19N5O2S. The average Bonchev–Trinajstić information content (AvgIpc) is 3.25. The van der Waals surface area contributed by atoms with Crippen molar-refractivity contribution in [3.63, 3.8) is 0 Å². The summed E-state index contributed by atoms with van der Waals surface area (Å²) in [6, 6.07) is 8.43. The third-order valence-corrected chi connectivity index (χ3v) is 5.94. The number of hydrogen-bond acceptors (Lipinski definition) is 6. The molecule has 0 N–H and O–H groups in total. The second kappa shape index (κ2) is 6.20. The van der Waals surface area contributed by atoms with Crippen LogP contribution in [0.15, 0.2) is 24.3 Å². The summed E-state index contributed by atoms with van der Waals surface area (Å²) in [6.07, 6.45) is 2.16. The first kappa shape index (κ1) is 16.2. The summed E-state index contributed by atoms with van der Waals surface area (Å²) in [5.74, 6) is 0. The van der Waals surface area contributed by atoms with Crippen molar-refractivity contribution in [1.29, 1.82) is 0 Å². The lowest BCUT2D eigenvalue weighted by molar-refractivity contribution is -0.386. The van der Waals surface area contributed by atoms with Crippen molar-refractivity contribution < 1.29 is 4.92 Å². The minimum absolute atomic E-state index is 0.121. The minimum Gasteiger partial charge on any atom is -0.275 e. The molecule has 25 heavy (non-hydrogen) atoms. The number of hydrogen-bond donors (Lipinski definition) is 0. The van der Waals surface area contributed by atoms with E-state index in [1.165, 1.54) is 4.70 Å². The molecular weight excluding hydrogens is 338 g/mol. The van der Waals surface area contributed by atoms with Gasteiger partial charge in [0.15, 0.2) is 0 Å². The first-order chi connectivity index (χ1) is 12.0. The SMILES string of the molecule is Cc1nn(CN2CCCC2c2nc3ccccc3s2)c(C)c1[N+](=O)[O-]. The Hall–Kier alpha value is -2.32. The van der Waals surface area contributed by atoms with E-state index in [9.17, 15) is 10.1 Å². The number of para-hydroxylation sites is 1. The van der Waals surface area contributed by atoms with Gasteiger partial charge < -0.3 is 0 Å². The zero-order valence-corrected chi connectivity index (χ0v) is 15.0. The van der Waals surface area contributed by atoms with Gasteiger partial charge in [0, 0.05) is 6.54 Å². The Morgan fingerprint density at radius 1 is 1.36 bits per heavy atom. The molecule has 1 saturated heterocycles. The summed E-state index contributed by atoms with van der Waals surface area (Å²) in [7, 11) is 0. The van der Waals surface area contributed by atoms with E-state index < -0.39 is 0 Å². The molecule has 0 amide bonds. The molecule has 3 aromatic rings. The Morgan fingerprint density at radius 2 is 2.16 bits per heavy atom. The number of aromatic nitrogens is 3. The van der Waals surface area contributed by atoms with Crippen LogP contribution < -0.4 is 0 Å². The van der Waals surface area contributed by atoms with Gasteiger partial charge in [0.2, 0.25) is 0 Å². The van der Waals surface area contributed by atoms with Crippen LogP contribution in [0, 0.1) is 24.0 Å². The maximum atomic E-state index is 11.2. The highest BCUT2D eigenvalue weighted by molar-refractivity contribution is 7.18. The molecule has 130 valence electrons. The highest BCUT2D eigenvalue weighted by atomic mass is 32.1. The van der Waals surface area contributed by atoms with Crippen LogP contribution in [0.5, 0.6) is 0 Å². The number of nitrogens with zero attached hydrogens (tertiary/aromatic N) is 5. The van der Waals surface area contributed by atoms with Crippen molar-refractivity contribution in [2.45, 2.75) is 39.4 Å². The zero-order valence-electron chi connectivity index (χ0n) is 14.2. The van der Waals surface area contributed by atoms with Crippen LogP contribution >= 0.6 is 11.3 Å². The molecule has 1 fully saturated rings. The van der Waals surface area contributed by atoms with Gasteiger partial charge in [-0.3, -0.25) is 15.0 Å². The summed E-state index contributed by atoms with van der Waals surface area (Å²) < 4.78 is 2.95. The molecule has 0 bridgehead atoms. The van der Waals surface area contributed by atoms with Crippen LogP contribution in [-0.4, -0.2) is 31.1 Å². The number of fused-ring (bicyclic) bond motifs is 1. The van der Waals surface area contributed by atoms with Gasteiger partial charge in [-0.1, -0.05) is 12.1 Å². The topological polar surface area (TPSA) is 77.1 Å². The Morgan fingerprint density at radius 3 is 2.88 bits per heavy atom. The van der Waals surface area contributed by atoms with E-state index in [0.717, 1.165) is 29.9 Å². The number of rotatable bonds is 4. The van der Waals surface area contributed by atoms with Crippen molar-refractivity contribution in [3.8, 4) is 0 Å². The summed E-state index contributed by atoms with van der Waals surface area (Å²) in [5, 5.41) is 16.7. The van der Waals surface area contributed by atoms with Gasteiger partial charge in [0.05, 0.1) is 27.9 Å². The zero-order chi connectivity index (χ0) is 17.6. The third kappa shape index (κ3) is 2.81. The van der Waals surface area contributed by atoms with E-state index in [-0.39, 0.29) is 16.7 Å². The van der Waals surface area contributed by atoms with Gasteiger partial charge in [-0.05, 0) is 38.8 Å². The highest BCUT2D eigenvalue weighted by Crippen LogP contribution is 2.37. The van der Waals surface area contributed by atoms with Gasteiger partial charge in [-0.15, -0.1) is 11.3 Å². The molecule has 0 saturated carbocycles. The standard InChI is InChI=1S/C17H19N5O2S/c1-11-16(22(23)24)12(2)21(19-11)10-20-9-5-7-14(20)17-18-13-6-3-4-8-15(13)25-17/h3-4,6,8,14H,5,7,9-10H2,1-2H3. The van der Waals surface area contributed by atoms with Crippen LogP contribution in [0.25, 0.3) is 10.2 Å². The molecule has 1 atom stereocenters. The lowest BCUT2D eigenvalue weighted by atomic mass is 10.2. The van der Waals surface area contributed by atoms with E-state index in [2.05, 4.69) is 16.1 Å². The minimum atomic E-state index is -0.344. The van der Waals surface area contributed by atoms with E-state index >= 15 is 0 Å². The van der Waals surface area contributed by atoms with Crippen LogP contribution in [0.2, 0.25) is 0 Å². The largest absolute Gasteiger partial charge is 0.312 e. The van der Waals surface area contributed by atoms with Crippen molar-refractivity contribution in [2.75, 3.05) is 6.54 Å². The summed E-state index contributed by atoms with van der Waals surface area (Å²) >= 11 is 1.74. The molecule has 0 radical (unpaired) electrons. The number of aryl methyl sites for hydroxylation is 1. The number of benzene rings is 1. The first-order valence-corrected chi connectivity index (χ1v) is 9.14. The fourth-order valence-electron chi connectivity index (χ4n) is 3.57. The Labute approximate surface area is 149 Å². The summed E-state index contributed by atoms with van der Waals surface area (Å²) in [5.41, 5.74) is 2.24. The number of likely N-dealkylation sites (tertiary alicyclic amines) is 1. The number of nitro groups is 1. The normalized spacial score (nSPS) is 18.2. The van der Waals surface area contributed by atoms with E-state index in [4.69, 9.17) is 4.98 Å². The Bertz CT molecular complexity index is 915. The Kier molecular flexibility index (Phi) is 4.01. The molecule has 3 heterocycles. The molecule has 0 spiro atoms. The fourth-order valence-corrected chi connectivity index (χ4v) is 4.71. The third-order valence-electron chi connectivity index (χ3n) is 4.80. The molecule has 1 aliphatic rings. The van der Waals surface area contributed by atoms with Crippen molar-refractivity contribution in [2.24, 2.45) is 0 Å². The van der Waals surface area contributed by atoms with Crippen molar-refractivity contribution >= 4 is 27.2 Å². The van der Waals surface area contributed by atoms with Gasteiger partial charge in [-0.2, -0.15) is 5.10 Å². The van der Waals surface area contributed by atoms with Gasteiger partial charge >= 0.3 is 5.69 Å². The van der Waals surface area contributed by atoms with Gasteiger partial charge in [0.25, 0.3) is 0 Å². The predicted octanol–water partition coefficient (Wildman–Crippen LogP) is 3.81. The lowest BCUT2D eigenvalue weighted by Crippen LogP contribution is -2.27. The average molecular weight is 357 g/mol. The van der Waals surface area contributed by atoms with Crippen molar-refractivity contribution in [1.82, 2.24) is 19.7 Å².